The summed E-state index contributed by atoms with van der Waals surface area (Å²) in [6.07, 6.45) is 3.94. The highest BCUT2D eigenvalue weighted by Gasteiger charge is 2.14. The van der Waals surface area contributed by atoms with Crippen molar-refractivity contribution in [2.45, 2.75) is 46.1 Å². The predicted octanol–water partition coefficient (Wildman–Crippen LogP) is 3.17. The number of benzene rings is 1. The number of hydrogen-bond acceptors (Lipinski definition) is 3. The predicted molar refractivity (Wildman–Crippen MR) is 85.9 cm³/mol. The van der Waals surface area contributed by atoms with Crippen LogP contribution in [0.2, 0.25) is 0 Å². The summed E-state index contributed by atoms with van der Waals surface area (Å²) in [4.78, 5) is 0. The summed E-state index contributed by atoms with van der Waals surface area (Å²) >= 11 is 0. The summed E-state index contributed by atoms with van der Waals surface area (Å²) in [5.41, 5.74) is 3.89. The third-order valence-corrected chi connectivity index (χ3v) is 4.70. The average Bonchev–Trinajstić information content (AvgIpc) is 2.36. The Labute approximate surface area is 123 Å². The lowest BCUT2D eigenvalue weighted by Crippen LogP contribution is -2.23. The van der Waals surface area contributed by atoms with Crippen LogP contribution in [0, 0.1) is 13.8 Å². The summed E-state index contributed by atoms with van der Waals surface area (Å²) in [7, 11) is -2.87. The van der Waals surface area contributed by atoms with Crippen LogP contribution in [0.3, 0.4) is 0 Å². The van der Waals surface area contributed by atoms with Crippen LogP contribution in [0.4, 0.5) is 0 Å². The van der Waals surface area contributed by atoms with E-state index in [9.17, 15) is 8.42 Å². The van der Waals surface area contributed by atoms with Crippen molar-refractivity contribution in [1.29, 1.82) is 0 Å². The molecule has 20 heavy (non-hydrogen) atoms. The fraction of sp³-hybridized carbons (Fsp3) is 0.625. The van der Waals surface area contributed by atoms with E-state index < -0.39 is 9.84 Å². The monoisotopic (exact) mass is 297 g/mol. The van der Waals surface area contributed by atoms with Crippen molar-refractivity contribution in [3.05, 3.63) is 34.9 Å². The van der Waals surface area contributed by atoms with E-state index in [1.807, 2.05) is 0 Å². The molecule has 0 aromatic heterocycles. The summed E-state index contributed by atoms with van der Waals surface area (Å²) in [5.74, 6) is 0.266. The van der Waals surface area contributed by atoms with Crippen molar-refractivity contribution < 1.29 is 8.42 Å². The van der Waals surface area contributed by atoms with Crippen LogP contribution in [-0.2, 0) is 9.84 Å². The van der Waals surface area contributed by atoms with E-state index in [1.54, 1.807) is 0 Å². The largest absolute Gasteiger partial charge is 0.310 e. The molecule has 1 unspecified atom stereocenters. The van der Waals surface area contributed by atoms with Gasteiger partial charge < -0.3 is 5.32 Å². The maximum Gasteiger partial charge on any atom is 0.147 e. The number of rotatable bonds is 8. The van der Waals surface area contributed by atoms with Gasteiger partial charge in [-0.3, -0.25) is 0 Å². The molecule has 114 valence electrons. The minimum atomic E-state index is -2.87. The molecule has 1 atom stereocenters. The van der Waals surface area contributed by atoms with Gasteiger partial charge in [0.25, 0.3) is 0 Å². The molecule has 3 nitrogen and oxygen atoms in total. The first kappa shape index (κ1) is 17.2. The van der Waals surface area contributed by atoms with Crippen molar-refractivity contribution in [3.63, 3.8) is 0 Å². The Morgan fingerprint density at radius 3 is 2.55 bits per heavy atom. The second-order valence-corrected chi connectivity index (χ2v) is 7.83. The van der Waals surface area contributed by atoms with E-state index in [0.717, 1.165) is 19.4 Å². The Morgan fingerprint density at radius 1 is 1.25 bits per heavy atom. The molecule has 0 aliphatic carbocycles. The molecule has 1 rings (SSSR count). The molecule has 0 saturated carbocycles. The fourth-order valence-electron chi connectivity index (χ4n) is 2.39. The molecule has 0 fully saturated rings. The van der Waals surface area contributed by atoms with Gasteiger partial charge in [0.15, 0.2) is 0 Å². The lowest BCUT2D eigenvalue weighted by molar-refractivity contribution is 0.490. The second-order valence-electron chi connectivity index (χ2n) is 5.57. The van der Waals surface area contributed by atoms with Gasteiger partial charge in [0, 0.05) is 18.1 Å². The molecule has 4 heteroatoms. The Bertz CT molecular complexity index is 523. The highest BCUT2D eigenvalue weighted by atomic mass is 32.2. The topological polar surface area (TPSA) is 46.2 Å². The summed E-state index contributed by atoms with van der Waals surface area (Å²) in [5, 5.41) is 3.55. The first-order chi connectivity index (χ1) is 9.35. The molecule has 0 aliphatic heterocycles. The van der Waals surface area contributed by atoms with E-state index in [-0.39, 0.29) is 11.8 Å². The number of hydrogen-bond donors (Lipinski definition) is 1. The van der Waals surface area contributed by atoms with Crippen LogP contribution in [0.25, 0.3) is 0 Å². The summed E-state index contributed by atoms with van der Waals surface area (Å²) in [6, 6.07) is 6.59. The summed E-state index contributed by atoms with van der Waals surface area (Å²) in [6.45, 7) is 7.36. The first-order valence-corrected chi connectivity index (χ1v) is 9.38. The average molecular weight is 297 g/mol. The van der Waals surface area contributed by atoms with Crippen LogP contribution in [0.5, 0.6) is 0 Å². The highest BCUT2D eigenvalue weighted by molar-refractivity contribution is 7.90. The number of sulfone groups is 1. The van der Waals surface area contributed by atoms with E-state index in [2.05, 4.69) is 44.3 Å². The number of nitrogens with one attached hydrogen (secondary N) is 1. The minimum absolute atomic E-state index is 0.247. The molecule has 0 aliphatic rings. The van der Waals surface area contributed by atoms with Crippen LogP contribution in [0.15, 0.2) is 18.2 Å². The molecule has 1 aromatic rings. The van der Waals surface area contributed by atoms with Crippen molar-refractivity contribution in [2.24, 2.45) is 0 Å². The van der Waals surface area contributed by atoms with Crippen LogP contribution in [-0.4, -0.2) is 27.0 Å². The fourth-order valence-corrected chi connectivity index (χ4v) is 3.08. The molecule has 0 radical (unpaired) electrons. The van der Waals surface area contributed by atoms with E-state index in [0.29, 0.717) is 6.42 Å². The van der Waals surface area contributed by atoms with Gasteiger partial charge in [-0.1, -0.05) is 25.1 Å². The zero-order valence-corrected chi connectivity index (χ0v) is 13.9. The third-order valence-electron chi connectivity index (χ3n) is 3.67. The van der Waals surface area contributed by atoms with Crippen LogP contribution < -0.4 is 5.32 Å². The SMILES string of the molecule is CCCNC(CCCS(C)(=O)=O)c1cccc(C)c1C. The Hall–Kier alpha value is -0.870. The van der Waals surface area contributed by atoms with Gasteiger partial charge in [0.05, 0.1) is 0 Å². The molecule has 0 saturated heterocycles. The smallest absolute Gasteiger partial charge is 0.147 e. The van der Waals surface area contributed by atoms with E-state index >= 15 is 0 Å². The van der Waals surface area contributed by atoms with Crippen LogP contribution in [0.1, 0.15) is 48.9 Å². The van der Waals surface area contributed by atoms with Gasteiger partial charge in [-0.2, -0.15) is 0 Å². The number of aryl methyl sites for hydroxylation is 1. The molecular formula is C16H27NO2S. The summed E-state index contributed by atoms with van der Waals surface area (Å²) < 4.78 is 22.5. The standard InChI is InChI=1S/C16H27NO2S/c1-5-11-17-16(10-7-12-20(4,18)19)15-9-6-8-13(2)14(15)3/h6,8-9,16-17H,5,7,10-12H2,1-4H3. The normalized spacial score (nSPS) is 13.4. The van der Waals surface area contributed by atoms with Gasteiger partial charge in [0.1, 0.15) is 9.84 Å². The lowest BCUT2D eigenvalue weighted by Gasteiger charge is -2.22. The Kier molecular flexibility index (Phi) is 6.69. The van der Waals surface area contributed by atoms with E-state index in [1.165, 1.54) is 22.9 Å². The minimum Gasteiger partial charge on any atom is -0.310 e. The van der Waals surface area contributed by atoms with Gasteiger partial charge in [-0.25, -0.2) is 8.42 Å². The maximum absolute atomic E-state index is 11.3. The zero-order valence-electron chi connectivity index (χ0n) is 13.1. The maximum atomic E-state index is 11.3. The van der Waals surface area contributed by atoms with Crippen molar-refractivity contribution in [2.75, 3.05) is 18.6 Å². The van der Waals surface area contributed by atoms with Gasteiger partial charge in [0.2, 0.25) is 0 Å². The van der Waals surface area contributed by atoms with Crippen molar-refractivity contribution in [3.8, 4) is 0 Å². The van der Waals surface area contributed by atoms with Crippen molar-refractivity contribution >= 4 is 9.84 Å². The third kappa shape index (κ3) is 5.63. The Balaban J connectivity index is 2.80. The molecule has 0 spiro atoms. The highest BCUT2D eigenvalue weighted by Crippen LogP contribution is 2.24. The lowest BCUT2D eigenvalue weighted by atomic mass is 9.94. The quantitative estimate of drug-likeness (QED) is 0.801. The molecule has 0 bridgehead atoms. The molecular weight excluding hydrogens is 270 g/mol. The van der Waals surface area contributed by atoms with Gasteiger partial charge in [-0.15, -0.1) is 0 Å². The second kappa shape index (κ2) is 7.79. The van der Waals surface area contributed by atoms with Crippen LogP contribution >= 0.6 is 0 Å². The molecule has 1 aromatic carbocycles. The Morgan fingerprint density at radius 2 is 1.95 bits per heavy atom. The van der Waals surface area contributed by atoms with E-state index in [4.69, 9.17) is 0 Å². The molecule has 1 N–H and O–H groups in total. The van der Waals surface area contributed by atoms with Gasteiger partial charge >= 0.3 is 0 Å². The first-order valence-electron chi connectivity index (χ1n) is 7.32. The van der Waals surface area contributed by atoms with Crippen molar-refractivity contribution in [1.82, 2.24) is 5.32 Å². The molecule has 0 heterocycles. The zero-order chi connectivity index (χ0) is 15.2. The molecule has 0 amide bonds. The van der Waals surface area contributed by atoms with Gasteiger partial charge in [-0.05, 0) is 56.3 Å².